The highest BCUT2D eigenvalue weighted by Gasteiger charge is 2.19. The first-order valence-electron chi connectivity index (χ1n) is 4.41. The molecule has 0 bridgehead atoms. The maximum atomic E-state index is 13.2. The third-order valence-electron chi connectivity index (χ3n) is 1.78. The van der Waals surface area contributed by atoms with Crippen molar-refractivity contribution >= 4 is 10.0 Å². The van der Waals surface area contributed by atoms with Crippen molar-refractivity contribution in [2.75, 3.05) is 20.3 Å². The van der Waals surface area contributed by atoms with E-state index in [9.17, 15) is 17.2 Å². The summed E-state index contributed by atoms with van der Waals surface area (Å²) in [6.07, 6.45) is 0. The summed E-state index contributed by atoms with van der Waals surface area (Å²) in [7, 11) is -2.63. The molecule has 0 aliphatic heterocycles. The summed E-state index contributed by atoms with van der Waals surface area (Å²) in [5.41, 5.74) is 0. The molecule has 0 saturated carbocycles. The Bertz CT molecular complexity index is 462. The topological polar surface area (TPSA) is 55.4 Å². The summed E-state index contributed by atoms with van der Waals surface area (Å²) in [6.45, 7) is 0.144. The van der Waals surface area contributed by atoms with Crippen LogP contribution in [0, 0.1) is 11.6 Å². The minimum atomic E-state index is -4.03. The normalized spacial score (nSPS) is 11.7. The summed E-state index contributed by atoms with van der Waals surface area (Å²) in [5, 5.41) is 0. The predicted octanol–water partition coefficient (Wildman–Crippen LogP) is 0.889. The number of benzene rings is 1. The van der Waals surface area contributed by atoms with Crippen LogP contribution >= 0.6 is 0 Å². The van der Waals surface area contributed by atoms with Crippen LogP contribution in [0.25, 0.3) is 0 Å². The van der Waals surface area contributed by atoms with Crippen LogP contribution in [-0.4, -0.2) is 28.7 Å². The quantitative estimate of drug-likeness (QED) is 0.791. The molecule has 0 unspecified atom stereocenters. The second-order valence-electron chi connectivity index (χ2n) is 2.97. The summed E-state index contributed by atoms with van der Waals surface area (Å²) < 4.78 is 55.7. The van der Waals surface area contributed by atoms with Crippen LogP contribution < -0.4 is 4.72 Å². The first-order chi connectivity index (χ1) is 7.47. The molecule has 0 aromatic heterocycles. The molecule has 0 aliphatic carbocycles. The van der Waals surface area contributed by atoms with E-state index in [4.69, 9.17) is 0 Å². The zero-order valence-corrected chi connectivity index (χ0v) is 9.35. The van der Waals surface area contributed by atoms with Crippen molar-refractivity contribution in [1.82, 2.24) is 4.72 Å². The average molecular weight is 251 g/mol. The molecule has 7 heteroatoms. The summed E-state index contributed by atoms with van der Waals surface area (Å²) in [5.74, 6) is -1.81. The molecule has 0 heterocycles. The minimum absolute atomic E-state index is 0.00517. The lowest BCUT2D eigenvalue weighted by molar-refractivity contribution is 0.204. The highest BCUT2D eigenvalue weighted by atomic mass is 32.2. The number of sulfonamides is 1. The van der Waals surface area contributed by atoms with Crippen LogP contribution in [0.2, 0.25) is 0 Å². The Morgan fingerprint density at radius 1 is 1.38 bits per heavy atom. The third-order valence-corrected chi connectivity index (χ3v) is 3.26. The van der Waals surface area contributed by atoms with E-state index >= 15 is 0 Å². The Hall–Kier alpha value is -1.05. The number of ether oxygens (including phenoxy) is 1. The Morgan fingerprint density at radius 2 is 2.06 bits per heavy atom. The van der Waals surface area contributed by atoms with Crippen molar-refractivity contribution in [3.05, 3.63) is 29.8 Å². The van der Waals surface area contributed by atoms with Gasteiger partial charge in [-0.3, -0.25) is 0 Å². The highest BCUT2D eigenvalue weighted by molar-refractivity contribution is 7.89. The summed E-state index contributed by atoms with van der Waals surface area (Å²) in [4.78, 5) is -0.705. The molecule has 90 valence electrons. The Balaban J connectivity index is 2.93. The van der Waals surface area contributed by atoms with Gasteiger partial charge in [0.05, 0.1) is 6.61 Å². The van der Waals surface area contributed by atoms with Crippen molar-refractivity contribution in [2.24, 2.45) is 0 Å². The van der Waals surface area contributed by atoms with Crippen LogP contribution in [0.3, 0.4) is 0 Å². The van der Waals surface area contributed by atoms with Crippen LogP contribution in [0.15, 0.2) is 23.1 Å². The van der Waals surface area contributed by atoms with Gasteiger partial charge >= 0.3 is 0 Å². The molecule has 1 rings (SSSR count). The van der Waals surface area contributed by atoms with Gasteiger partial charge in [0, 0.05) is 13.7 Å². The Kier molecular flexibility index (Phi) is 4.34. The van der Waals surface area contributed by atoms with Crippen molar-refractivity contribution in [3.8, 4) is 0 Å². The van der Waals surface area contributed by atoms with Gasteiger partial charge in [-0.15, -0.1) is 0 Å². The van der Waals surface area contributed by atoms with E-state index in [1.54, 1.807) is 0 Å². The molecule has 0 atom stereocenters. The van der Waals surface area contributed by atoms with E-state index in [1.807, 2.05) is 0 Å². The molecule has 1 aromatic rings. The minimum Gasteiger partial charge on any atom is -0.383 e. The Morgan fingerprint density at radius 3 is 2.69 bits per heavy atom. The predicted molar refractivity (Wildman–Crippen MR) is 53.4 cm³/mol. The lowest BCUT2D eigenvalue weighted by Gasteiger charge is -2.07. The van der Waals surface area contributed by atoms with E-state index in [2.05, 4.69) is 9.46 Å². The fraction of sp³-hybridized carbons (Fsp3) is 0.333. The van der Waals surface area contributed by atoms with Crippen molar-refractivity contribution < 1.29 is 21.9 Å². The number of nitrogens with one attached hydrogen (secondary N) is 1. The van der Waals surface area contributed by atoms with Gasteiger partial charge in [0.25, 0.3) is 0 Å². The van der Waals surface area contributed by atoms with Crippen molar-refractivity contribution in [1.29, 1.82) is 0 Å². The van der Waals surface area contributed by atoms with Gasteiger partial charge in [0.1, 0.15) is 16.5 Å². The lowest BCUT2D eigenvalue weighted by atomic mass is 10.3. The second kappa shape index (κ2) is 5.33. The molecule has 1 aromatic carbocycles. The van der Waals surface area contributed by atoms with Gasteiger partial charge in [0.2, 0.25) is 10.0 Å². The molecule has 0 radical (unpaired) electrons. The number of halogens is 2. The number of hydrogen-bond acceptors (Lipinski definition) is 3. The van der Waals surface area contributed by atoms with Crippen LogP contribution in [-0.2, 0) is 14.8 Å². The van der Waals surface area contributed by atoms with Crippen molar-refractivity contribution in [2.45, 2.75) is 4.90 Å². The van der Waals surface area contributed by atoms with Crippen LogP contribution in [0.1, 0.15) is 0 Å². The molecule has 4 nitrogen and oxygen atoms in total. The van der Waals surface area contributed by atoms with E-state index < -0.39 is 26.6 Å². The summed E-state index contributed by atoms with van der Waals surface area (Å²) in [6, 6.07) is 2.24. The fourth-order valence-corrected chi connectivity index (χ4v) is 2.14. The van der Waals surface area contributed by atoms with E-state index in [1.165, 1.54) is 7.11 Å². The van der Waals surface area contributed by atoms with Gasteiger partial charge in [0.15, 0.2) is 0 Å². The zero-order valence-electron chi connectivity index (χ0n) is 8.54. The smallest absolute Gasteiger partial charge is 0.243 e. The van der Waals surface area contributed by atoms with Crippen LogP contribution in [0.4, 0.5) is 8.78 Å². The largest absolute Gasteiger partial charge is 0.383 e. The first-order valence-corrected chi connectivity index (χ1v) is 5.89. The van der Waals surface area contributed by atoms with Crippen molar-refractivity contribution in [3.63, 3.8) is 0 Å². The maximum absolute atomic E-state index is 13.2. The molecule has 0 amide bonds. The molecular formula is C9H11F2NO3S. The van der Waals surface area contributed by atoms with Crippen LogP contribution in [0.5, 0.6) is 0 Å². The SMILES string of the molecule is COCCNS(=O)(=O)c1cc(F)ccc1F. The molecule has 0 aliphatic rings. The molecule has 0 fully saturated rings. The number of rotatable bonds is 5. The average Bonchev–Trinajstić information content (AvgIpc) is 2.22. The van der Waals surface area contributed by atoms with Gasteiger partial charge < -0.3 is 4.74 Å². The van der Waals surface area contributed by atoms with E-state index in [0.29, 0.717) is 6.07 Å². The first kappa shape index (κ1) is 13.0. The lowest BCUT2D eigenvalue weighted by Crippen LogP contribution is -2.28. The van der Waals surface area contributed by atoms with Gasteiger partial charge in [-0.1, -0.05) is 0 Å². The highest BCUT2D eigenvalue weighted by Crippen LogP contribution is 2.15. The number of hydrogen-bond donors (Lipinski definition) is 1. The fourth-order valence-electron chi connectivity index (χ4n) is 1.04. The van der Waals surface area contributed by atoms with E-state index in [-0.39, 0.29) is 13.2 Å². The second-order valence-corrected chi connectivity index (χ2v) is 4.70. The monoisotopic (exact) mass is 251 g/mol. The molecular weight excluding hydrogens is 240 g/mol. The van der Waals surface area contributed by atoms with Gasteiger partial charge in [-0.25, -0.2) is 21.9 Å². The molecule has 16 heavy (non-hydrogen) atoms. The van der Waals surface area contributed by atoms with E-state index in [0.717, 1.165) is 12.1 Å². The zero-order chi connectivity index (χ0) is 12.2. The molecule has 0 saturated heterocycles. The standard InChI is InChI=1S/C9H11F2NO3S/c1-15-5-4-12-16(13,14)9-6-7(10)2-3-8(9)11/h2-3,6,12H,4-5H2,1H3. The summed E-state index contributed by atoms with van der Waals surface area (Å²) >= 11 is 0. The Labute approximate surface area is 92.3 Å². The molecule has 1 N–H and O–H groups in total. The number of methoxy groups -OCH3 is 1. The maximum Gasteiger partial charge on any atom is 0.243 e. The van der Waals surface area contributed by atoms with Gasteiger partial charge in [-0.2, -0.15) is 0 Å². The third kappa shape index (κ3) is 3.22. The molecule has 0 spiro atoms. The van der Waals surface area contributed by atoms with Gasteiger partial charge in [-0.05, 0) is 18.2 Å².